The highest BCUT2D eigenvalue weighted by molar-refractivity contribution is 5.86. The quantitative estimate of drug-likeness (QED) is 0.744. The summed E-state index contributed by atoms with van der Waals surface area (Å²) >= 11 is 0. The number of phenols is 1. The lowest BCUT2D eigenvalue weighted by Gasteiger charge is -2.25. The molecule has 4 N–H and O–H groups in total. The van der Waals surface area contributed by atoms with Crippen molar-refractivity contribution in [1.82, 2.24) is 0 Å². The highest BCUT2D eigenvalue weighted by Gasteiger charge is 2.31. The molecule has 0 aromatic heterocycles. The SMILES string of the molecule is CC(C)(C)OC(=O)Nc1ccc(O)cc1CC(C)(N)C(F)F. The normalized spacial score (nSPS) is 14.5. The van der Waals surface area contributed by atoms with Crippen molar-refractivity contribution in [3.05, 3.63) is 23.8 Å². The van der Waals surface area contributed by atoms with Crippen LogP contribution in [-0.2, 0) is 11.2 Å². The number of nitrogens with one attached hydrogen (secondary N) is 1. The van der Waals surface area contributed by atoms with E-state index in [1.807, 2.05) is 0 Å². The maximum atomic E-state index is 12.9. The summed E-state index contributed by atoms with van der Waals surface area (Å²) in [7, 11) is 0. The van der Waals surface area contributed by atoms with Gasteiger partial charge in [-0.05, 0) is 57.9 Å². The summed E-state index contributed by atoms with van der Waals surface area (Å²) in [5, 5.41) is 12.0. The number of halogens is 2. The summed E-state index contributed by atoms with van der Waals surface area (Å²) in [5.41, 5.74) is 3.67. The van der Waals surface area contributed by atoms with Crippen LogP contribution in [0.25, 0.3) is 0 Å². The molecule has 1 amide bonds. The molecule has 1 rings (SSSR count). The summed E-state index contributed by atoms with van der Waals surface area (Å²) in [6, 6.07) is 4.04. The number of amides is 1. The second-order valence-corrected chi connectivity index (χ2v) is 6.45. The van der Waals surface area contributed by atoms with E-state index in [9.17, 15) is 18.7 Å². The minimum atomic E-state index is -2.75. The van der Waals surface area contributed by atoms with E-state index in [-0.39, 0.29) is 17.9 Å². The molecule has 0 bridgehead atoms. The van der Waals surface area contributed by atoms with E-state index in [1.165, 1.54) is 25.1 Å². The number of benzene rings is 1. The van der Waals surface area contributed by atoms with Crippen LogP contribution in [-0.4, -0.2) is 28.8 Å². The topological polar surface area (TPSA) is 84.6 Å². The Bertz CT molecular complexity index is 540. The minimum Gasteiger partial charge on any atom is -0.508 e. The number of aromatic hydroxyl groups is 1. The Morgan fingerprint density at radius 3 is 2.45 bits per heavy atom. The van der Waals surface area contributed by atoms with E-state index in [0.717, 1.165) is 0 Å². The number of hydrogen-bond donors (Lipinski definition) is 3. The molecule has 0 saturated heterocycles. The maximum absolute atomic E-state index is 12.9. The lowest BCUT2D eigenvalue weighted by atomic mass is 9.93. The highest BCUT2D eigenvalue weighted by Crippen LogP contribution is 2.27. The molecule has 1 aromatic rings. The van der Waals surface area contributed by atoms with Gasteiger partial charge in [-0.3, -0.25) is 5.32 Å². The maximum Gasteiger partial charge on any atom is 0.412 e. The van der Waals surface area contributed by atoms with Gasteiger partial charge < -0.3 is 15.6 Å². The number of ether oxygens (including phenoxy) is 1. The van der Waals surface area contributed by atoms with E-state index < -0.39 is 23.7 Å². The van der Waals surface area contributed by atoms with Crippen molar-refractivity contribution in [3.8, 4) is 5.75 Å². The molecule has 124 valence electrons. The average molecular weight is 316 g/mol. The van der Waals surface area contributed by atoms with E-state index >= 15 is 0 Å². The van der Waals surface area contributed by atoms with Crippen LogP contribution in [0.2, 0.25) is 0 Å². The van der Waals surface area contributed by atoms with Crippen LogP contribution >= 0.6 is 0 Å². The van der Waals surface area contributed by atoms with Gasteiger partial charge in [0, 0.05) is 5.69 Å². The fourth-order valence-corrected chi connectivity index (χ4v) is 1.75. The first-order chi connectivity index (χ1) is 9.90. The second-order valence-electron chi connectivity index (χ2n) is 6.45. The van der Waals surface area contributed by atoms with Gasteiger partial charge in [-0.15, -0.1) is 0 Å². The fraction of sp³-hybridized carbons (Fsp3) is 0.533. The molecule has 0 radical (unpaired) electrons. The van der Waals surface area contributed by atoms with Gasteiger partial charge in [0.25, 0.3) is 6.43 Å². The van der Waals surface area contributed by atoms with Gasteiger partial charge in [0.1, 0.15) is 11.4 Å². The van der Waals surface area contributed by atoms with Crippen LogP contribution in [0.3, 0.4) is 0 Å². The Morgan fingerprint density at radius 2 is 1.95 bits per heavy atom. The standard InChI is InChI=1S/C15H22F2N2O3/c1-14(2,3)22-13(21)19-11-6-5-10(20)7-9(11)8-15(4,18)12(16)17/h5-7,12,20H,8,18H2,1-4H3,(H,19,21). The summed E-state index contributed by atoms with van der Waals surface area (Å²) in [5.74, 6) is -0.102. The highest BCUT2D eigenvalue weighted by atomic mass is 19.3. The minimum absolute atomic E-state index is 0.102. The van der Waals surface area contributed by atoms with Crippen molar-refractivity contribution in [2.24, 2.45) is 5.73 Å². The third-order valence-corrected chi connectivity index (χ3v) is 2.79. The van der Waals surface area contributed by atoms with Crippen molar-refractivity contribution in [3.63, 3.8) is 0 Å². The van der Waals surface area contributed by atoms with E-state index in [2.05, 4.69) is 5.32 Å². The average Bonchev–Trinajstić information content (AvgIpc) is 2.29. The van der Waals surface area contributed by atoms with Gasteiger partial charge in [0.05, 0.1) is 5.54 Å². The summed E-state index contributed by atoms with van der Waals surface area (Å²) in [6.07, 6.45) is -3.68. The third kappa shape index (κ3) is 5.48. The van der Waals surface area contributed by atoms with Gasteiger partial charge in [0.2, 0.25) is 0 Å². The first-order valence-corrected chi connectivity index (χ1v) is 6.79. The van der Waals surface area contributed by atoms with Crippen LogP contribution < -0.4 is 11.1 Å². The molecule has 0 saturated carbocycles. The second kappa shape index (κ2) is 6.48. The monoisotopic (exact) mass is 316 g/mol. The van der Waals surface area contributed by atoms with E-state index in [0.29, 0.717) is 5.56 Å². The zero-order chi connectivity index (χ0) is 17.1. The summed E-state index contributed by atoms with van der Waals surface area (Å²) < 4.78 is 30.9. The fourth-order valence-electron chi connectivity index (χ4n) is 1.75. The zero-order valence-electron chi connectivity index (χ0n) is 13.1. The Hall–Kier alpha value is -1.89. The Balaban J connectivity index is 2.99. The van der Waals surface area contributed by atoms with Crippen molar-refractivity contribution < 1.29 is 23.4 Å². The molecule has 0 aliphatic rings. The molecule has 0 aliphatic carbocycles. The number of carbonyl (C=O) groups excluding carboxylic acids is 1. The lowest BCUT2D eigenvalue weighted by molar-refractivity contribution is 0.0631. The number of alkyl halides is 2. The third-order valence-electron chi connectivity index (χ3n) is 2.79. The molecule has 1 atom stereocenters. The number of anilines is 1. The number of rotatable bonds is 4. The van der Waals surface area contributed by atoms with Gasteiger partial charge >= 0.3 is 6.09 Å². The number of hydrogen-bond acceptors (Lipinski definition) is 4. The van der Waals surface area contributed by atoms with Crippen LogP contribution in [0.4, 0.5) is 19.3 Å². The van der Waals surface area contributed by atoms with Crippen LogP contribution in [0.15, 0.2) is 18.2 Å². The van der Waals surface area contributed by atoms with Gasteiger partial charge in [0.15, 0.2) is 0 Å². The number of nitrogens with two attached hydrogens (primary N) is 1. The molecular weight excluding hydrogens is 294 g/mol. The molecule has 0 heterocycles. The number of phenolic OH excluding ortho intramolecular Hbond substituents is 1. The van der Waals surface area contributed by atoms with Gasteiger partial charge in [-0.1, -0.05) is 0 Å². The van der Waals surface area contributed by atoms with E-state index in [4.69, 9.17) is 10.5 Å². The molecule has 5 nitrogen and oxygen atoms in total. The van der Waals surface area contributed by atoms with Crippen molar-refractivity contribution in [1.29, 1.82) is 0 Å². The molecule has 0 aliphatic heterocycles. The van der Waals surface area contributed by atoms with Crippen molar-refractivity contribution in [2.75, 3.05) is 5.32 Å². The van der Waals surface area contributed by atoms with Gasteiger partial charge in [-0.2, -0.15) is 0 Å². The molecule has 0 fully saturated rings. The first kappa shape index (κ1) is 18.2. The Kier molecular flexibility index (Phi) is 5.35. The molecule has 22 heavy (non-hydrogen) atoms. The van der Waals surface area contributed by atoms with Crippen LogP contribution in [0.5, 0.6) is 5.75 Å². The number of carbonyl (C=O) groups is 1. The van der Waals surface area contributed by atoms with Crippen LogP contribution in [0, 0.1) is 0 Å². The predicted molar refractivity (Wildman–Crippen MR) is 80.3 cm³/mol. The predicted octanol–water partition coefficient (Wildman–Crippen LogP) is 3.26. The molecule has 1 aromatic carbocycles. The Labute approximate surface area is 128 Å². The largest absolute Gasteiger partial charge is 0.508 e. The smallest absolute Gasteiger partial charge is 0.412 e. The summed E-state index contributed by atoms with van der Waals surface area (Å²) in [6.45, 7) is 6.33. The first-order valence-electron chi connectivity index (χ1n) is 6.79. The van der Waals surface area contributed by atoms with Gasteiger partial charge in [-0.25, -0.2) is 13.6 Å². The van der Waals surface area contributed by atoms with Crippen molar-refractivity contribution >= 4 is 11.8 Å². The Morgan fingerprint density at radius 1 is 1.36 bits per heavy atom. The summed E-state index contributed by atoms with van der Waals surface area (Å²) in [4.78, 5) is 11.8. The lowest BCUT2D eigenvalue weighted by Crippen LogP contribution is -2.46. The molecule has 7 heteroatoms. The van der Waals surface area contributed by atoms with Crippen LogP contribution in [0.1, 0.15) is 33.3 Å². The van der Waals surface area contributed by atoms with Crippen molar-refractivity contribution in [2.45, 2.75) is 51.7 Å². The zero-order valence-corrected chi connectivity index (χ0v) is 13.1. The molecule has 0 spiro atoms. The molecular formula is C15H22F2N2O3. The molecule has 1 unspecified atom stereocenters. The van der Waals surface area contributed by atoms with E-state index in [1.54, 1.807) is 20.8 Å².